The van der Waals surface area contributed by atoms with E-state index in [-0.39, 0.29) is 24.5 Å². The second kappa shape index (κ2) is 6.12. The number of amides is 2. The van der Waals surface area contributed by atoms with Gasteiger partial charge in [-0.25, -0.2) is 4.79 Å². The number of aliphatic carboxylic acids is 1. The molecule has 0 saturated heterocycles. The predicted molar refractivity (Wildman–Crippen MR) is 62.9 cm³/mol. The van der Waals surface area contributed by atoms with Crippen molar-refractivity contribution >= 4 is 12.0 Å². The third-order valence-corrected chi connectivity index (χ3v) is 3.21. The smallest absolute Gasteiger partial charge is 0.315 e. The van der Waals surface area contributed by atoms with Crippen LogP contribution in [0.15, 0.2) is 0 Å². The molecule has 0 spiro atoms. The lowest BCUT2D eigenvalue weighted by Crippen LogP contribution is -2.44. The summed E-state index contributed by atoms with van der Waals surface area (Å²) in [7, 11) is 0. The van der Waals surface area contributed by atoms with Crippen LogP contribution in [0.4, 0.5) is 4.79 Å². The summed E-state index contributed by atoms with van der Waals surface area (Å²) in [5, 5.41) is 27.4. The van der Waals surface area contributed by atoms with Crippen LogP contribution in [0.5, 0.6) is 0 Å². The molecule has 0 radical (unpaired) electrons. The first-order valence-corrected chi connectivity index (χ1v) is 6.14. The quantitative estimate of drug-likeness (QED) is 0.589. The molecular formula is C10H16N6O3. The molecule has 2 rings (SSSR count). The number of nitrogens with one attached hydrogen (secondary N) is 3. The first kappa shape index (κ1) is 13.2. The number of tetrazole rings is 1. The number of aromatic amines is 1. The van der Waals surface area contributed by atoms with Crippen molar-refractivity contribution in [3.63, 3.8) is 0 Å². The topological polar surface area (TPSA) is 133 Å². The largest absolute Gasteiger partial charge is 0.481 e. The Kier molecular flexibility index (Phi) is 4.26. The van der Waals surface area contributed by atoms with E-state index in [1.165, 1.54) is 0 Å². The lowest BCUT2D eigenvalue weighted by Gasteiger charge is -2.26. The molecule has 9 nitrogen and oxygen atoms in total. The number of urea groups is 1. The molecule has 4 N–H and O–H groups in total. The highest BCUT2D eigenvalue weighted by atomic mass is 16.4. The van der Waals surface area contributed by atoms with Crippen LogP contribution < -0.4 is 10.6 Å². The summed E-state index contributed by atoms with van der Waals surface area (Å²) in [5.74, 6) is -0.620. The first-order valence-electron chi connectivity index (χ1n) is 6.14. The number of hydrogen-bond acceptors (Lipinski definition) is 5. The van der Waals surface area contributed by atoms with Gasteiger partial charge < -0.3 is 15.7 Å². The number of carbonyl (C=O) groups excluding carboxylic acids is 1. The van der Waals surface area contributed by atoms with E-state index in [4.69, 9.17) is 5.11 Å². The summed E-state index contributed by atoms with van der Waals surface area (Å²) >= 11 is 0. The molecule has 9 heteroatoms. The molecule has 0 bridgehead atoms. The Morgan fingerprint density at radius 3 is 2.63 bits per heavy atom. The van der Waals surface area contributed by atoms with Crippen molar-refractivity contribution in [3.05, 3.63) is 5.82 Å². The summed E-state index contributed by atoms with van der Waals surface area (Å²) < 4.78 is 0. The first-order chi connectivity index (χ1) is 9.15. The number of nitrogens with zero attached hydrogens (tertiary/aromatic N) is 3. The minimum atomic E-state index is -0.750. The highest BCUT2D eigenvalue weighted by Gasteiger charge is 2.26. The molecule has 0 aliphatic heterocycles. The fourth-order valence-electron chi connectivity index (χ4n) is 2.14. The maximum Gasteiger partial charge on any atom is 0.315 e. The monoisotopic (exact) mass is 268 g/mol. The van der Waals surface area contributed by atoms with Crippen LogP contribution in [0.2, 0.25) is 0 Å². The number of rotatable bonds is 4. The van der Waals surface area contributed by atoms with Crippen LogP contribution in [0.25, 0.3) is 0 Å². The minimum absolute atomic E-state index is 0.0286. The average molecular weight is 268 g/mol. The summed E-state index contributed by atoms with van der Waals surface area (Å²) in [4.78, 5) is 22.4. The molecule has 0 atom stereocenters. The average Bonchev–Trinajstić information content (AvgIpc) is 2.90. The lowest BCUT2D eigenvalue weighted by atomic mass is 9.86. The fourth-order valence-corrected chi connectivity index (χ4v) is 2.14. The van der Waals surface area contributed by atoms with E-state index in [2.05, 4.69) is 31.3 Å². The van der Waals surface area contributed by atoms with Gasteiger partial charge in [0.15, 0.2) is 5.82 Å². The third-order valence-electron chi connectivity index (χ3n) is 3.21. The summed E-state index contributed by atoms with van der Waals surface area (Å²) in [6.07, 6.45) is 2.58. The number of hydrogen-bond donors (Lipinski definition) is 4. The van der Waals surface area contributed by atoms with Gasteiger partial charge in [-0.3, -0.25) is 4.79 Å². The number of H-pyrrole nitrogens is 1. The number of carbonyl (C=O) groups is 2. The van der Waals surface area contributed by atoms with Crippen molar-refractivity contribution in [1.29, 1.82) is 0 Å². The maximum atomic E-state index is 11.6. The fraction of sp³-hybridized carbons (Fsp3) is 0.700. The van der Waals surface area contributed by atoms with Gasteiger partial charge in [0.25, 0.3) is 0 Å². The van der Waals surface area contributed by atoms with Crippen LogP contribution in [-0.2, 0) is 11.3 Å². The molecule has 19 heavy (non-hydrogen) atoms. The van der Waals surface area contributed by atoms with Gasteiger partial charge >= 0.3 is 12.0 Å². The standard InChI is InChI=1S/C10H16N6O3/c17-9(18)6-1-3-7(4-2-6)12-10(19)11-5-8-13-15-16-14-8/h6-7H,1-5H2,(H,17,18)(H2,11,12,19)(H,13,14,15,16). The zero-order valence-corrected chi connectivity index (χ0v) is 10.3. The van der Waals surface area contributed by atoms with Crippen molar-refractivity contribution in [2.24, 2.45) is 5.92 Å². The highest BCUT2D eigenvalue weighted by Crippen LogP contribution is 2.24. The van der Waals surface area contributed by atoms with Crippen LogP contribution in [0.3, 0.4) is 0 Å². The number of carboxylic acid groups (broad SMARTS) is 1. The summed E-state index contributed by atoms with van der Waals surface area (Å²) in [6.45, 7) is 0.201. The Labute approximate surface area is 109 Å². The Bertz CT molecular complexity index is 426. The van der Waals surface area contributed by atoms with Crippen molar-refractivity contribution < 1.29 is 14.7 Å². The predicted octanol–water partition coefficient (Wildman–Crippen LogP) is -0.358. The Morgan fingerprint density at radius 1 is 1.32 bits per heavy atom. The maximum absolute atomic E-state index is 11.6. The molecule has 1 saturated carbocycles. The van der Waals surface area contributed by atoms with E-state index in [1.54, 1.807) is 0 Å². The van der Waals surface area contributed by atoms with Crippen LogP contribution in [0.1, 0.15) is 31.5 Å². The van der Waals surface area contributed by atoms with E-state index >= 15 is 0 Å². The van der Waals surface area contributed by atoms with Gasteiger partial charge in [-0.2, -0.15) is 5.21 Å². The van der Waals surface area contributed by atoms with Gasteiger partial charge in [0.05, 0.1) is 12.5 Å². The van der Waals surface area contributed by atoms with Crippen molar-refractivity contribution in [2.45, 2.75) is 38.3 Å². The number of aromatic nitrogens is 4. The Hall–Kier alpha value is -2.19. The molecular weight excluding hydrogens is 252 g/mol. The normalized spacial score (nSPS) is 22.7. The van der Waals surface area contributed by atoms with Gasteiger partial charge in [-0.1, -0.05) is 5.21 Å². The molecule has 1 aliphatic rings. The molecule has 1 fully saturated rings. The lowest BCUT2D eigenvalue weighted by molar-refractivity contribution is -0.142. The molecule has 1 heterocycles. The molecule has 1 aromatic rings. The summed E-state index contributed by atoms with van der Waals surface area (Å²) in [5.41, 5.74) is 0. The highest BCUT2D eigenvalue weighted by molar-refractivity contribution is 5.74. The van der Waals surface area contributed by atoms with Gasteiger partial charge in [-0.15, -0.1) is 10.2 Å². The van der Waals surface area contributed by atoms with Gasteiger partial charge in [0.2, 0.25) is 0 Å². The van der Waals surface area contributed by atoms with E-state index in [1.807, 2.05) is 0 Å². The Morgan fingerprint density at radius 2 is 2.05 bits per heavy atom. The van der Waals surface area contributed by atoms with E-state index in [0.717, 1.165) is 0 Å². The zero-order chi connectivity index (χ0) is 13.7. The molecule has 2 amide bonds. The second-order valence-electron chi connectivity index (χ2n) is 4.54. The van der Waals surface area contributed by atoms with Crippen LogP contribution in [0, 0.1) is 5.92 Å². The van der Waals surface area contributed by atoms with E-state index in [9.17, 15) is 9.59 Å². The number of carboxylic acids is 1. The molecule has 0 unspecified atom stereocenters. The molecule has 1 aromatic heterocycles. The zero-order valence-electron chi connectivity index (χ0n) is 10.3. The molecule has 0 aromatic carbocycles. The van der Waals surface area contributed by atoms with Gasteiger partial charge in [0.1, 0.15) is 0 Å². The summed E-state index contributed by atoms with van der Waals surface area (Å²) in [6, 6.07) is -0.274. The van der Waals surface area contributed by atoms with Gasteiger partial charge in [-0.05, 0) is 25.7 Å². The van der Waals surface area contributed by atoms with Crippen LogP contribution >= 0.6 is 0 Å². The van der Waals surface area contributed by atoms with Crippen LogP contribution in [-0.4, -0.2) is 43.8 Å². The second-order valence-corrected chi connectivity index (χ2v) is 4.54. The van der Waals surface area contributed by atoms with Crippen molar-refractivity contribution in [2.75, 3.05) is 0 Å². The van der Waals surface area contributed by atoms with Crippen molar-refractivity contribution in [1.82, 2.24) is 31.3 Å². The Balaban J connectivity index is 1.67. The van der Waals surface area contributed by atoms with E-state index < -0.39 is 5.97 Å². The minimum Gasteiger partial charge on any atom is -0.481 e. The SMILES string of the molecule is O=C(NCc1nn[nH]n1)NC1CCC(C(=O)O)CC1. The molecule has 104 valence electrons. The molecule has 1 aliphatic carbocycles. The van der Waals surface area contributed by atoms with Crippen molar-refractivity contribution in [3.8, 4) is 0 Å². The third kappa shape index (κ3) is 3.90. The van der Waals surface area contributed by atoms with Gasteiger partial charge in [0, 0.05) is 6.04 Å². The van der Waals surface area contributed by atoms with E-state index in [0.29, 0.717) is 31.5 Å².